The zero-order valence-corrected chi connectivity index (χ0v) is 14.7. The number of benzene rings is 1. The van der Waals surface area contributed by atoms with Gasteiger partial charge < -0.3 is 9.84 Å². The summed E-state index contributed by atoms with van der Waals surface area (Å²) in [5.74, 6) is -7.87. The molecular formula is C17H17F9O2. The largest absolute Gasteiger partial charge is 0.507 e. The van der Waals surface area contributed by atoms with E-state index >= 15 is 4.39 Å². The van der Waals surface area contributed by atoms with E-state index < -0.39 is 58.7 Å². The molecule has 1 aliphatic rings. The molecule has 0 saturated carbocycles. The third-order valence-electron chi connectivity index (χ3n) is 4.93. The molecule has 2 nitrogen and oxygen atoms in total. The molecule has 1 aromatic carbocycles. The molecule has 2 rings (SSSR count). The van der Waals surface area contributed by atoms with Crippen LogP contribution in [0, 0.1) is 19.8 Å². The minimum absolute atomic E-state index is 0.0223. The summed E-state index contributed by atoms with van der Waals surface area (Å²) in [5.41, 5.74) is -9.45. The fourth-order valence-electron chi connectivity index (χ4n) is 3.31. The molecule has 1 aromatic rings. The lowest BCUT2D eigenvalue weighted by Crippen LogP contribution is -2.60. The highest BCUT2D eigenvalue weighted by Gasteiger charge is 2.82. The number of phenolic OH excluding ortho intramolecular Hbond substituents is 1. The number of aromatic hydroxyl groups is 1. The van der Waals surface area contributed by atoms with Crippen molar-refractivity contribution < 1.29 is 49.4 Å². The van der Waals surface area contributed by atoms with Gasteiger partial charge in [0.25, 0.3) is 0 Å². The predicted molar refractivity (Wildman–Crippen MR) is 80.1 cm³/mol. The van der Waals surface area contributed by atoms with E-state index in [0.29, 0.717) is 6.42 Å². The number of halogens is 9. The summed E-state index contributed by atoms with van der Waals surface area (Å²) in [6.45, 7) is 2.26. The van der Waals surface area contributed by atoms with Crippen molar-refractivity contribution >= 4 is 0 Å². The van der Waals surface area contributed by atoms with Crippen molar-refractivity contribution in [2.24, 2.45) is 5.92 Å². The van der Waals surface area contributed by atoms with Crippen LogP contribution < -0.4 is 0 Å². The zero-order chi connectivity index (χ0) is 21.7. The Labute approximate surface area is 154 Å². The van der Waals surface area contributed by atoms with Crippen molar-refractivity contribution in [3.05, 3.63) is 28.3 Å². The van der Waals surface area contributed by atoms with Gasteiger partial charge >= 0.3 is 23.9 Å². The number of ether oxygens (including phenoxy) is 1. The Hall–Kier alpha value is -1.65. The van der Waals surface area contributed by atoms with Crippen LogP contribution in [0.25, 0.3) is 0 Å². The first-order valence-electron chi connectivity index (χ1n) is 8.16. The quantitative estimate of drug-likeness (QED) is 0.646. The molecule has 2 unspecified atom stereocenters. The molecule has 1 N–H and O–H groups in total. The number of aryl methyl sites for hydroxylation is 1. The molecule has 0 amide bonds. The highest BCUT2D eigenvalue weighted by molar-refractivity contribution is 5.52. The average molecular weight is 424 g/mol. The van der Waals surface area contributed by atoms with Gasteiger partial charge in [0.1, 0.15) is 5.75 Å². The summed E-state index contributed by atoms with van der Waals surface area (Å²) >= 11 is 0. The minimum atomic E-state index is -6.80. The summed E-state index contributed by atoms with van der Waals surface area (Å²) in [6, 6.07) is 0.209. The second-order valence-electron chi connectivity index (χ2n) is 6.86. The summed E-state index contributed by atoms with van der Waals surface area (Å²) in [6.07, 6.45) is -13.5. The normalized spacial score (nSPS) is 21.0. The molecule has 1 saturated heterocycles. The van der Waals surface area contributed by atoms with Gasteiger partial charge in [-0.05, 0) is 55.4 Å². The van der Waals surface area contributed by atoms with Crippen LogP contribution in [0.3, 0.4) is 0 Å². The maximum Gasteiger partial charge on any atom is 0.457 e. The first kappa shape index (κ1) is 22.6. The highest BCUT2D eigenvalue weighted by atomic mass is 19.4. The second-order valence-corrected chi connectivity index (χ2v) is 6.86. The van der Waals surface area contributed by atoms with Crippen molar-refractivity contribution in [3.63, 3.8) is 0 Å². The first-order valence-corrected chi connectivity index (χ1v) is 8.16. The summed E-state index contributed by atoms with van der Waals surface area (Å²) in [4.78, 5) is 0. The van der Waals surface area contributed by atoms with E-state index in [4.69, 9.17) is 4.74 Å². The van der Waals surface area contributed by atoms with Crippen molar-refractivity contribution in [1.82, 2.24) is 0 Å². The third-order valence-corrected chi connectivity index (χ3v) is 4.93. The molecular weight excluding hydrogens is 407 g/mol. The Balaban J connectivity index is 2.83. The van der Waals surface area contributed by atoms with Crippen LogP contribution in [0.15, 0.2) is 6.07 Å². The highest BCUT2D eigenvalue weighted by Crippen LogP contribution is 2.59. The monoisotopic (exact) mass is 424 g/mol. The van der Waals surface area contributed by atoms with E-state index in [1.165, 1.54) is 0 Å². The van der Waals surface area contributed by atoms with Crippen LogP contribution in [-0.2, 0) is 16.8 Å². The van der Waals surface area contributed by atoms with Gasteiger partial charge in [-0.2, -0.15) is 35.1 Å². The molecule has 1 aliphatic heterocycles. The van der Waals surface area contributed by atoms with Gasteiger partial charge in [0.2, 0.25) is 0 Å². The fourth-order valence-corrected chi connectivity index (χ4v) is 3.31. The molecule has 11 heteroatoms. The molecule has 160 valence electrons. The molecule has 0 radical (unpaired) electrons. The molecule has 0 spiro atoms. The Kier molecular flexibility index (Phi) is 5.66. The van der Waals surface area contributed by atoms with Gasteiger partial charge in [0.15, 0.2) is 0 Å². The van der Waals surface area contributed by atoms with E-state index in [0.717, 1.165) is 13.8 Å². The Morgan fingerprint density at radius 2 is 1.57 bits per heavy atom. The molecule has 28 heavy (non-hydrogen) atoms. The number of rotatable bonds is 4. The Morgan fingerprint density at radius 1 is 1.00 bits per heavy atom. The van der Waals surface area contributed by atoms with Crippen molar-refractivity contribution in [3.8, 4) is 5.75 Å². The van der Waals surface area contributed by atoms with Gasteiger partial charge in [-0.15, -0.1) is 0 Å². The van der Waals surface area contributed by atoms with Crippen LogP contribution in [0.1, 0.15) is 28.7 Å². The molecule has 1 heterocycles. The molecule has 1 fully saturated rings. The summed E-state index contributed by atoms with van der Waals surface area (Å²) in [5, 5.41) is 9.97. The van der Waals surface area contributed by atoms with Crippen molar-refractivity contribution in [2.45, 2.75) is 50.6 Å². The molecule has 0 bridgehead atoms. The van der Waals surface area contributed by atoms with Gasteiger partial charge in [-0.3, -0.25) is 0 Å². The third kappa shape index (κ3) is 3.42. The number of alkyl halides is 9. The summed E-state index contributed by atoms with van der Waals surface area (Å²) in [7, 11) is 0. The first-order chi connectivity index (χ1) is 12.6. The predicted octanol–water partition coefficient (Wildman–Crippen LogP) is 5.51. The van der Waals surface area contributed by atoms with E-state index in [9.17, 15) is 40.2 Å². The van der Waals surface area contributed by atoms with Crippen molar-refractivity contribution in [1.29, 1.82) is 0 Å². The Bertz CT molecular complexity index is 734. The van der Waals surface area contributed by atoms with Crippen LogP contribution in [-0.4, -0.2) is 36.6 Å². The number of hydrogen-bond acceptors (Lipinski definition) is 2. The van der Waals surface area contributed by atoms with Crippen molar-refractivity contribution in [2.75, 3.05) is 13.2 Å². The number of phenols is 1. The topological polar surface area (TPSA) is 29.5 Å². The number of hydrogen-bond donors (Lipinski definition) is 1. The van der Waals surface area contributed by atoms with E-state index in [2.05, 4.69) is 0 Å². The average Bonchev–Trinajstić information content (AvgIpc) is 3.05. The second kappa shape index (κ2) is 7.00. The fraction of sp³-hybridized carbons (Fsp3) is 0.647. The summed E-state index contributed by atoms with van der Waals surface area (Å²) < 4.78 is 127. The van der Waals surface area contributed by atoms with Gasteiger partial charge in [-0.25, -0.2) is 4.39 Å². The van der Waals surface area contributed by atoms with Crippen LogP contribution >= 0.6 is 0 Å². The Morgan fingerprint density at radius 3 is 2.00 bits per heavy atom. The molecule has 2 atom stereocenters. The van der Waals surface area contributed by atoms with Crippen LogP contribution in [0.2, 0.25) is 0 Å². The smallest absolute Gasteiger partial charge is 0.457 e. The maximum atomic E-state index is 15.0. The zero-order valence-electron chi connectivity index (χ0n) is 14.7. The van der Waals surface area contributed by atoms with Crippen LogP contribution in [0.5, 0.6) is 5.75 Å². The van der Waals surface area contributed by atoms with E-state index in [1.54, 1.807) is 0 Å². The van der Waals surface area contributed by atoms with Crippen LogP contribution in [0.4, 0.5) is 39.5 Å². The van der Waals surface area contributed by atoms with E-state index in [1.807, 2.05) is 0 Å². The maximum absolute atomic E-state index is 15.0. The lowest BCUT2D eigenvalue weighted by atomic mass is 9.79. The lowest BCUT2D eigenvalue weighted by molar-refractivity contribution is -0.389. The van der Waals surface area contributed by atoms with Gasteiger partial charge in [-0.1, -0.05) is 0 Å². The lowest BCUT2D eigenvalue weighted by Gasteiger charge is -2.38. The van der Waals surface area contributed by atoms with Gasteiger partial charge in [0.05, 0.1) is 0 Å². The minimum Gasteiger partial charge on any atom is -0.507 e. The SMILES string of the molecule is Cc1cc(C(F)(C(F)(F)F)C(F)(F)C(F)(F)F)c(CC2CCOC2)c(C)c1O. The molecule has 0 aromatic heterocycles. The van der Waals surface area contributed by atoms with Gasteiger partial charge in [0, 0.05) is 18.8 Å². The molecule has 0 aliphatic carbocycles. The van der Waals surface area contributed by atoms with E-state index in [-0.39, 0.29) is 24.8 Å². The standard InChI is InChI=1S/C17H17F9O2/c1-8-5-12(11(9(2)13(8)27)6-10-3-4-28-7-10)14(18,16(21,22)23)15(19,20)17(24,25)26/h5,10,27H,3-4,6-7H2,1-2H3.